The normalized spacial score (nSPS) is 10.2. The molecule has 0 aliphatic rings. The zero-order chi connectivity index (χ0) is 14.7. The summed E-state index contributed by atoms with van der Waals surface area (Å²) in [7, 11) is 3.26. The smallest absolute Gasteiger partial charge is 0.269 e. The lowest BCUT2D eigenvalue weighted by Crippen LogP contribution is -2.22. The monoisotopic (exact) mass is 310 g/mol. The topological polar surface area (TPSA) is 75.2 Å². The zero-order valence-corrected chi connectivity index (χ0v) is 12.3. The number of hydrogen-bond donors (Lipinski definition) is 1. The van der Waals surface area contributed by atoms with E-state index in [0.29, 0.717) is 21.2 Å². The summed E-state index contributed by atoms with van der Waals surface area (Å²) < 4.78 is 3.62. The quantitative estimate of drug-likeness (QED) is 0.942. The Bertz CT molecular complexity index is 643. The van der Waals surface area contributed by atoms with Gasteiger partial charge in [-0.25, -0.2) is 0 Å². The van der Waals surface area contributed by atoms with Gasteiger partial charge in [-0.05, 0) is 29.7 Å². The van der Waals surface area contributed by atoms with Gasteiger partial charge < -0.3 is 10.2 Å². The summed E-state index contributed by atoms with van der Waals surface area (Å²) in [6.45, 7) is 0. The lowest BCUT2D eigenvalue weighted by molar-refractivity contribution is 0.0827. The third-order valence-electron chi connectivity index (χ3n) is 2.45. The highest BCUT2D eigenvalue weighted by Gasteiger charge is 2.15. The maximum atomic E-state index is 11.9. The lowest BCUT2D eigenvalue weighted by atomic mass is 10.1. The van der Waals surface area contributed by atoms with Crippen LogP contribution in [-0.4, -0.2) is 40.4 Å². The number of rotatable bonds is 3. The molecule has 0 saturated carbocycles. The second kappa shape index (κ2) is 5.98. The Kier molecular flexibility index (Phi) is 4.31. The first-order chi connectivity index (χ1) is 9.49. The number of aromatic nitrogens is 2. The van der Waals surface area contributed by atoms with Crippen LogP contribution in [-0.2, 0) is 0 Å². The molecular formula is C12H11ClN4O2S. The number of nitrogens with one attached hydrogen (secondary N) is 1. The molecule has 104 valence electrons. The third kappa shape index (κ3) is 3.12. The molecule has 2 rings (SSSR count). The van der Waals surface area contributed by atoms with E-state index < -0.39 is 0 Å². The predicted octanol–water partition coefficient (Wildman–Crippen LogP) is 2.15. The van der Waals surface area contributed by atoms with Gasteiger partial charge in [0.25, 0.3) is 11.8 Å². The summed E-state index contributed by atoms with van der Waals surface area (Å²) in [5.41, 5.74) is 0.815. The highest BCUT2D eigenvalue weighted by molar-refractivity contribution is 7.07. The van der Waals surface area contributed by atoms with Crippen molar-refractivity contribution in [2.45, 2.75) is 0 Å². The number of nitrogens with zero attached hydrogens (tertiary/aromatic N) is 3. The maximum absolute atomic E-state index is 11.9. The molecule has 0 fully saturated rings. The van der Waals surface area contributed by atoms with Crippen molar-refractivity contribution in [1.82, 2.24) is 14.5 Å². The molecule has 6 nitrogen and oxygen atoms in total. The summed E-state index contributed by atoms with van der Waals surface area (Å²) >= 11 is 6.99. The fourth-order valence-corrected chi connectivity index (χ4v) is 2.08. The van der Waals surface area contributed by atoms with Crippen LogP contribution in [0.2, 0.25) is 5.02 Å². The summed E-state index contributed by atoms with van der Waals surface area (Å²) in [5.74, 6) is -0.559. The van der Waals surface area contributed by atoms with Gasteiger partial charge in [-0.3, -0.25) is 9.59 Å². The summed E-state index contributed by atoms with van der Waals surface area (Å²) in [5, 5.41) is 6.60. The van der Waals surface area contributed by atoms with Gasteiger partial charge in [0.2, 0.25) is 0 Å². The maximum Gasteiger partial charge on any atom is 0.269 e. The molecular weight excluding hydrogens is 300 g/mol. The van der Waals surface area contributed by atoms with Crippen LogP contribution >= 0.6 is 23.1 Å². The van der Waals surface area contributed by atoms with E-state index in [0.717, 1.165) is 11.5 Å². The van der Waals surface area contributed by atoms with Crippen LogP contribution in [0.3, 0.4) is 0 Å². The fraction of sp³-hybridized carbons (Fsp3) is 0.167. The number of anilines is 1. The average molecular weight is 311 g/mol. The van der Waals surface area contributed by atoms with E-state index >= 15 is 0 Å². The van der Waals surface area contributed by atoms with Gasteiger partial charge >= 0.3 is 0 Å². The van der Waals surface area contributed by atoms with E-state index in [2.05, 4.69) is 14.9 Å². The number of benzene rings is 1. The summed E-state index contributed by atoms with van der Waals surface area (Å²) in [6.07, 6.45) is 1.38. The van der Waals surface area contributed by atoms with Gasteiger partial charge in [-0.15, -0.1) is 5.10 Å². The van der Waals surface area contributed by atoms with Gasteiger partial charge in [0.05, 0.1) is 16.8 Å². The Balaban J connectivity index is 2.24. The first-order valence-corrected chi connectivity index (χ1v) is 6.74. The van der Waals surface area contributed by atoms with Gasteiger partial charge in [0, 0.05) is 19.8 Å². The highest BCUT2D eigenvalue weighted by Crippen LogP contribution is 2.22. The van der Waals surface area contributed by atoms with Crippen molar-refractivity contribution in [2.24, 2.45) is 0 Å². The van der Waals surface area contributed by atoms with Crippen LogP contribution in [0.4, 0.5) is 5.69 Å². The first-order valence-electron chi connectivity index (χ1n) is 5.59. The Morgan fingerprint density at radius 1 is 1.35 bits per heavy atom. The summed E-state index contributed by atoms with van der Waals surface area (Å²) in [4.78, 5) is 25.6. The second-order valence-electron chi connectivity index (χ2n) is 4.13. The van der Waals surface area contributed by atoms with Gasteiger partial charge in [0.1, 0.15) is 4.88 Å². The van der Waals surface area contributed by atoms with Crippen LogP contribution in [0.1, 0.15) is 20.0 Å². The number of halogens is 1. The Hall–Kier alpha value is -1.99. The molecule has 0 radical (unpaired) electrons. The molecule has 1 aromatic carbocycles. The van der Waals surface area contributed by atoms with Crippen LogP contribution in [0.25, 0.3) is 0 Å². The molecule has 8 heteroatoms. The van der Waals surface area contributed by atoms with Crippen molar-refractivity contribution in [3.05, 3.63) is 39.9 Å². The lowest BCUT2D eigenvalue weighted by Gasteiger charge is -2.13. The minimum Gasteiger partial charge on any atom is -0.345 e. The molecule has 2 amide bonds. The highest BCUT2D eigenvalue weighted by atomic mass is 35.5. The molecule has 0 aliphatic carbocycles. The minimum atomic E-state index is -0.328. The van der Waals surface area contributed by atoms with E-state index in [1.165, 1.54) is 17.2 Å². The zero-order valence-electron chi connectivity index (χ0n) is 10.8. The van der Waals surface area contributed by atoms with Gasteiger partial charge in [0.15, 0.2) is 0 Å². The third-order valence-corrected chi connectivity index (χ3v) is 3.44. The fourth-order valence-electron chi connectivity index (χ4n) is 1.47. The van der Waals surface area contributed by atoms with Crippen molar-refractivity contribution < 1.29 is 9.59 Å². The predicted molar refractivity (Wildman–Crippen MR) is 77.3 cm³/mol. The van der Waals surface area contributed by atoms with E-state index in [1.807, 2.05) is 0 Å². The van der Waals surface area contributed by atoms with Crippen molar-refractivity contribution in [3.63, 3.8) is 0 Å². The SMILES string of the molecule is CN(C)C(=O)c1cc(NC(=O)c2cnns2)ccc1Cl. The Morgan fingerprint density at radius 3 is 2.70 bits per heavy atom. The van der Waals surface area contributed by atoms with Gasteiger partial charge in [-0.2, -0.15) is 0 Å². The molecule has 1 N–H and O–H groups in total. The van der Waals surface area contributed by atoms with E-state index in [1.54, 1.807) is 26.2 Å². The molecule has 0 unspecified atom stereocenters. The van der Waals surface area contributed by atoms with Crippen LogP contribution in [0.15, 0.2) is 24.4 Å². The van der Waals surface area contributed by atoms with E-state index in [-0.39, 0.29) is 11.8 Å². The molecule has 0 aliphatic heterocycles. The largest absolute Gasteiger partial charge is 0.345 e. The molecule has 0 saturated heterocycles. The minimum absolute atomic E-state index is 0.231. The number of carbonyl (C=O) groups excluding carboxylic acids is 2. The van der Waals surface area contributed by atoms with E-state index in [9.17, 15) is 9.59 Å². The van der Waals surface area contributed by atoms with Crippen molar-refractivity contribution in [3.8, 4) is 0 Å². The first kappa shape index (κ1) is 14.4. The van der Waals surface area contributed by atoms with Crippen LogP contribution in [0.5, 0.6) is 0 Å². The molecule has 20 heavy (non-hydrogen) atoms. The van der Waals surface area contributed by atoms with Crippen LogP contribution in [0, 0.1) is 0 Å². The Labute approximate surface area is 124 Å². The molecule has 1 aromatic heterocycles. The molecule has 1 heterocycles. The van der Waals surface area contributed by atoms with Crippen molar-refractivity contribution in [1.29, 1.82) is 0 Å². The average Bonchev–Trinajstić information content (AvgIpc) is 2.94. The van der Waals surface area contributed by atoms with Crippen molar-refractivity contribution in [2.75, 3.05) is 19.4 Å². The molecule has 0 atom stereocenters. The summed E-state index contributed by atoms with van der Waals surface area (Å²) in [6, 6.07) is 4.73. The standard InChI is InChI=1S/C12H11ClN4O2S/c1-17(2)12(19)8-5-7(3-4-9(8)13)15-11(18)10-6-14-16-20-10/h3-6H,1-2H3,(H,15,18). The van der Waals surface area contributed by atoms with Gasteiger partial charge in [-0.1, -0.05) is 16.1 Å². The van der Waals surface area contributed by atoms with Crippen LogP contribution < -0.4 is 5.32 Å². The number of carbonyl (C=O) groups is 2. The molecule has 0 bridgehead atoms. The van der Waals surface area contributed by atoms with Crippen molar-refractivity contribution >= 4 is 40.6 Å². The second-order valence-corrected chi connectivity index (χ2v) is 5.32. The molecule has 2 aromatic rings. The Morgan fingerprint density at radius 2 is 2.10 bits per heavy atom. The number of hydrogen-bond acceptors (Lipinski definition) is 5. The van der Waals surface area contributed by atoms with E-state index in [4.69, 9.17) is 11.6 Å². The molecule has 0 spiro atoms. The number of amides is 2.